The first-order valence-electron chi connectivity index (χ1n) is 5.52. The Morgan fingerprint density at radius 3 is 2.53 bits per heavy atom. The van der Waals surface area contributed by atoms with E-state index in [0.717, 1.165) is 5.56 Å². The normalized spacial score (nSPS) is 10.2. The molecule has 6 heteroatoms. The minimum absolute atomic E-state index is 0.0391. The van der Waals surface area contributed by atoms with E-state index in [0.29, 0.717) is 22.5 Å². The van der Waals surface area contributed by atoms with E-state index in [2.05, 4.69) is 15.9 Å². The molecule has 0 heterocycles. The third kappa shape index (κ3) is 2.91. The first kappa shape index (κ1) is 13.5. The smallest absolute Gasteiger partial charge is 0.287 e. The Labute approximate surface area is 118 Å². The van der Waals surface area contributed by atoms with Gasteiger partial charge in [-0.15, -0.1) is 0 Å². The van der Waals surface area contributed by atoms with Gasteiger partial charge in [-0.1, -0.05) is 24.3 Å². The largest absolute Gasteiger partial charge is 0.456 e. The van der Waals surface area contributed by atoms with Crippen molar-refractivity contribution in [1.29, 1.82) is 0 Å². The van der Waals surface area contributed by atoms with Gasteiger partial charge in [-0.25, -0.2) is 0 Å². The minimum Gasteiger partial charge on any atom is -0.456 e. The van der Waals surface area contributed by atoms with Crippen molar-refractivity contribution >= 4 is 21.6 Å². The molecule has 0 aliphatic carbocycles. The predicted molar refractivity (Wildman–Crippen MR) is 75.2 cm³/mol. The van der Waals surface area contributed by atoms with Gasteiger partial charge in [0.2, 0.25) is 0 Å². The van der Waals surface area contributed by atoms with Gasteiger partial charge in [-0.05, 0) is 28.1 Å². The monoisotopic (exact) mass is 322 g/mol. The van der Waals surface area contributed by atoms with Crippen LogP contribution in [0.4, 0.5) is 5.69 Å². The van der Waals surface area contributed by atoms with Crippen LogP contribution in [0.5, 0.6) is 11.5 Å². The molecule has 2 N–H and O–H groups in total. The fraction of sp³-hybridized carbons (Fsp3) is 0.0769. The Kier molecular flexibility index (Phi) is 4.13. The van der Waals surface area contributed by atoms with Crippen LogP contribution in [0.1, 0.15) is 5.56 Å². The van der Waals surface area contributed by atoms with E-state index in [1.165, 1.54) is 6.07 Å². The quantitative estimate of drug-likeness (QED) is 0.689. The number of hydrogen-bond acceptors (Lipinski definition) is 4. The Morgan fingerprint density at radius 2 is 1.84 bits per heavy atom. The van der Waals surface area contributed by atoms with Crippen molar-refractivity contribution in [1.82, 2.24) is 0 Å². The lowest BCUT2D eigenvalue weighted by atomic mass is 10.2. The molecule has 0 radical (unpaired) electrons. The summed E-state index contributed by atoms with van der Waals surface area (Å²) in [5, 5.41) is 10.8. The zero-order chi connectivity index (χ0) is 13.8. The maximum Gasteiger partial charge on any atom is 0.287 e. The van der Waals surface area contributed by atoms with Crippen molar-refractivity contribution in [2.45, 2.75) is 6.54 Å². The van der Waals surface area contributed by atoms with Crippen molar-refractivity contribution in [2.24, 2.45) is 5.73 Å². The van der Waals surface area contributed by atoms with Gasteiger partial charge >= 0.3 is 0 Å². The summed E-state index contributed by atoms with van der Waals surface area (Å²) < 4.78 is 6.00. The molecule has 0 bridgehead atoms. The number of hydrogen-bond donors (Lipinski definition) is 1. The number of nitrogens with two attached hydrogens (primary N) is 1. The molecule has 0 aliphatic heterocycles. The van der Waals surface area contributed by atoms with Crippen LogP contribution < -0.4 is 10.5 Å². The molecule has 19 heavy (non-hydrogen) atoms. The molecule has 0 atom stereocenters. The number of rotatable bonds is 4. The van der Waals surface area contributed by atoms with Gasteiger partial charge < -0.3 is 10.5 Å². The van der Waals surface area contributed by atoms with E-state index in [4.69, 9.17) is 10.5 Å². The number of halogens is 1. The maximum atomic E-state index is 10.8. The van der Waals surface area contributed by atoms with Crippen LogP contribution in [-0.4, -0.2) is 4.92 Å². The highest BCUT2D eigenvalue weighted by molar-refractivity contribution is 9.10. The zero-order valence-corrected chi connectivity index (χ0v) is 11.5. The highest BCUT2D eigenvalue weighted by Crippen LogP contribution is 2.37. The van der Waals surface area contributed by atoms with Gasteiger partial charge in [0.25, 0.3) is 5.69 Å². The summed E-state index contributed by atoms with van der Waals surface area (Å²) in [5.41, 5.74) is 6.42. The van der Waals surface area contributed by atoms with Crippen molar-refractivity contribution in [3.05, 3.63) is 62.6 Å². The van der Waals surface area contributed by atoms with E-state index in [1.807, 2.05) is 18.2 Å². The van der Waals surface area contributed by atoms with Crippen LogP contribution in [0.3, 0.4) is 0 Å². The Bertz CT molecular complexity index is 617. The molecule has 0 unspecified atom stereocenters. The average molecular weight is 323 g/mol. The highest BCUT2D eigenvalue weighted by atomic mass is 79.9. The number of nitro groups is 1. The number of benzene rings is 2. The predicted octanol–water partition coefficient (Wildman–Crippen LogP) is 3.61. The van der Waals surface area contributed by atoms with Crippen LogP contribution in [0.15, 0.2) is 46.9 Å². The topological polar surface area (TPSA) is 78.4 Å². The summed E-state index contributed by atoms with van der Waals surface area (Å²) in [6, 6.07) is 11.9. The standard InChI is InChI=1S/C13H11BrN2O3/c14-13-10(16(17)18)5-3-7-12(13)19-11-6-2-1-4-9(11)8-15/h1-7H,8,15H2. The molecule has 0 aliphatic rings. The second-order valence-electron chi connectivity index (χ2n) is 3.76. The van der Waals surface area contributed by atoms with Crippen molar-refractivity contribution in [3.63, 3.8) is 0 Å². The van der Waals surface area contributed by atoms with E-state index in [-0.39, 0.29) is 5.69 Å². The van der Waals surface area contributed by atoms with Crippen LogP contribution in [0.2, 0.25) is 0 Å². The van der Waals surface area contributed by atoms with Crippen LogP contribution in [0.25, 0.3) is 0 Å². The summed E-state index contributed by atoms with van der Waals surface area (Å²) >= 11 is 3.19. The van der Waals surface area contributed by atoms with Crippen molar-refractivity contribution in [3.8, 4) is 11.5 Å². The van der Waals surface area contributed by atoms with Crippen LogP contribution >= 0.6 is 15.9 Å². The minimum atomic E-state index is -0.466. The number of nitro benzene ring substituents is 1. The summed E-state index contributed by atoms with van der Waals surface area (Å²) in [6.45, 7) is 0.336. The van der Waals surface area contributed by atoms with Gasteiger partial charge in [0.1, 0.15) is 16.0 Å². The first-order valence-corrected chi connectivity index (χ1v) is 6.31. The van der Waals surface area contributed by atoms with Gasteiger partial charge in [0, 0.05) is 18.2 Å². The molecule has 0 saturated carbocycles. The third-order valence-electron chi connectivity index (χ3n) is 2.55. The van der Waals surface area contributed by atoms with E-state index in [9.17, 15) is 10.1 Å². The third-order valence-corrected chi connectivity index (χ3v) is 3.35. The molecule has 2 aromatic carbocycles. The lowest BCUT2D eigenvalue weighted by molar-refractivity contribution is -0.385. The fourth-order valence-electron chi connectivity index (χ4n) is 1.61. The van der Waals surface area contributed by atoms with Gasteiger partial charge in [0.05, 0.1) is 4.92 Å². The molecule has 98 valence electrons. The second-order valence-corrected chi connectivity index (χ2v) is 4.55. The maximum absolute atomic E-state index is 10.8. The summed E-state index contributed by atoms with van der Waals surface area (Å²) in [7, 11) is 0. The van der Waals surface area contributed by atoms with Crippen LogP contribution in [0, 0.1) is 10.1 Å². The van der Waals surface area contributed by atoms with Gasteiger partial charge in [-0.2, -0.15) is 0 Å². The SMILES string of the molecule is NCc1ccccc1Oc1cccc([N+](=O)[O-])c1Br. The Morgan fingerprint density at radius 1 is 1.16 bits per heavy atom. The molecular weight excluding hydrogens is 312 g/mol. The molecule has 0 fully saturated rings. The first-order chi connectivity index (χ1) is 9.13. The number of nitrogens with zero attached hydrogens (tertiary/aromatic N) is 1. The molecule has 0 saturated heterocycles. The molecule has 5 nitrogen and oxygen atoms in total. The second kappa shape index (κ2) is 5.81. The van der Waals surface area contributed by atoms with E-state index < -0.39 is 4.92 Å². The molecule has 0 spiro atoms. The van der Waals surface area contributed by atoms with Gasteiger partial charge in [0.15, 0.2) is 0 Å². The van der Waals surface area contributed by atoms with E-state index in [1.54, 1.807) is 18.2 Å². The number of ether oxygens (including phenoxy) is 1. The lowest BCUT2D eigenvalue weighted by Crippen LogP contribution is -1.99. The van der Waals surface area contributed by atoms with E-state index >= 15 is 0 Å². The summed E-state index contributed by atoms with van der Waals surface area (Å²) in [6.07, 6.45) is 0. The zero-order valence-electron chi connectivity index (χ0n) is 9.88. The fourth-order valence-corrected chi connectivity index (χ4v) is 2.10. The van der Waals surface area contributed by atoms with Gasteiger partial charge in [-0.3, -0.25) is 10.1 Å². The Hall–Kier alpha value is -1.92. The average Bonchev–Trinajstić information content (AvgIpc) is 2.41. The Balaban J connectivity index is 2.39. The molecule has 2 aromatic rings. The highest BCUT2D eigenvalue weighted by Gasteiger charge is 2.16. The molecular formula is C13H11BrN2O3. The van der Waals surface area contributed by atoms with Crippen LogP contribution in [-0.2, 0) is 6.54 Å². The molecule has 0 aromatic heterocycles. The van der Waals surface area contributed by atoms with Crippen molar-refractivity contribution < 1.29 is 9.66 Å². The summed E-state index contributed by atoms with van der Waals surface area (Å²) in [4.78, 5) is 10.4. The lowest BCUT2D eigenvalue weighted by Gasteiger charge is -2.11. The number of para-hydroxylation sites is 1. The van der Waals surface area contributed by atoms with Crippen molar-refractivity contribution in [2.75, 3.05) is 0 Å². The molecule has 0 amide bonds. The molecule has 2 rings (SSSR count). The summed E-state index contributed by atoms with van der Waals surface area (Å²) in [5.74, 6) is 0.973.